The van der Waals surface area contributed by atoms with Crippen molar-refractivity contribution in [3.63, 3.8) is 0 Å². The van der Waals surface area contributed by atoms with Gasteiger partial charge in [0, 0.05) is 6.04 Å². The highest BCUT2D eigenvalue weighted by molar-refractivity contribution is 4.73. The maximum absolute atomic E-state index is 5.46. The van der Waals surface area contributed by atoms with Gasteiger partial charge >= 0.3 is 0 Å². The van der Waals surface area contributed by atoms with Crippen LogP contribution in [0.15, 0.2) is 0 Å². The fraction of sp³-hybridized carbons (Fsp3) is 1.00. The monoisotopic (exact) mass is 143 g/mol. The summed E-state index contributed by atoms with van der Waals surface area (Å²) in [5, 5.41) is 3.39. The lowest BCUT2D eigenvalue weighted by molar-refractivity contribution is 0.0649. The van der Waals surface area contributed by atoms with Crippen LogP contribution in [0.2, 0.25) is 0 Å². The number of ether oxygens (including phenoxy) is 1. The van der Waals surface area contributed by atoms with Crippen LogP contribution in [0.4, 0.5) is 0 Å². The second-order valence-electron chi connectivity index (χ2n) is 3.18. The minimum Gasteiger partial charge on any atom is -0.377 e. The average molecular weight is 143 g/mol. The Kier molecular flexibility index (Phi) is 3.16. The molecule has 0 bridgehead atoms. The summed E-state index contributed by atoms with van der Waals surface area (Å²) in [5.74, 6) is 0. The summed E-state index contributed by atoms with van der Waals surface area (Å²) in [6.07, 6.45) is 2.97. The van der Waals surface area contributed by atoms with E-state index in [4.69, 9.17) is 4.74 Å². The number of rotatable bonds is 3. The van der Waals surface area contributed by atoms with E-state index in [-0.39, 0.29) is 0 Å². The lowest BCUT2D eigenvalue weighted by Gasteiger charge is -2.12. The van der Waals surface area contributed by atoms with E-state index in [0.29, 0.717) is 12.1 Å². The Bertz CT molecular complexity index is 87.3. The minimum atomic E-state index is 0.377. The molecule has 0 spiro atoms. The highest BCUT2D eigenvalue weighted by atomic mass is 16.5. The summed E-state index contributed by atoms with van der Waals surface area (Å²) < 4.78 is 5.46. The Morgan fingerprint density at radius 2 is 2.40 bits per heavy atom. The van der Waals surface area contributed by atoms with Gasteiger partial charge in [0.1, 0.15) is 0 Å². The van der Waals surface area contributed by atoms with Gasteiger partial charge in [0.2, 0.25) is 0 Å². The van der Waals surface area contributed by atoms with E-state index < -0.39 is 0 Å². The summed E-state index contributed by atoms with van der Waals surface area (Å²) >= 11 is 0. The Hall–Kier alpha value is -0.0800. The number of nitrogens with one attached hydrogen (secondary N) is 1. The molecule has 2 nitrogen and oxygen atoms in total. The minimum absolute atomic E-state index is 0.377. The van der Waals surface area contributed by atoms with Crippen LogP contribution in [0.1, 0.15) is 26.7 Å². The topological polar surface area (TPSA) is 21.3 Å². The van der Waals surface area contributed by atoms with Gasteiger partial charge in [-0.15, -0.1) is 0 Å². The molecule has 0 aromatic carbocycles. The van der Waals surface area contributed by atoms with Crippen molar-refractivity contribution >= 4 is 0 Å². The van der Waals surface area contributed by atoms with E-state index >= 15 is 0 Å². The molecule has 0 saturated carbocycles. The first-order valence-electron chi connectivity index (χ1n) is 4.14. The van der Waals surface area contributed by atoms with Crippen molar-refractivity contribution in [1.82, 2.24) is 5.32 Å². The molecular weight excluding hydrogens is 126 g/mol. The first-order chi connectivity index (χ1) is 4.79. The van der Waals surface area contributed by atoms with Gasteiger partial charge in [-0.1, -0.05) is 0 Å². The SMILES string of the molecule is CC(C)OCC1CCCN1. The van der Waals surface area contributed by atoms with Gasteiger partial charge in [-0.3, -0.25) is 0 Å². The van der Waals surface area contributed by atoms with E-state index in [1.54, 1.807) is 0 Å². The van der Waals surface area contributed by atoms with Crippen molar-refractivity contribution in [1.29, 1.82) is 0 Å². The zero-order valence-corrected chi connectivity index (χ0v) is 6.89. The zero-order chi connectivity index (χ0) is 7.40. The van der Waals surface area contributed by atoms with Gasteiger partial charge in [-0.25, -0.2) is 0 Å². The van der Waals surface area contributed by atoms with Crippen molar-refractivity contribution in [2.45, 2.75) is 38.8 Å². The Morgan fingerprint density at radius 3 is 2.90 bits per heavy atom. The van der Waals surface area contributed by atoms with E-state index in [0.717, 1.165) is 6.61 Å². The van der Waals surface area contributed by atoms with Gasteiger partial charge in [0.05, 0.1) is 12.7 Å². The Morgan fingerprint density at radius 1 is 1.60 bits per heavy atom. The quantitative estimate of drug-likeness (QED) is 0.640. The molecule has 1 fully saturated rings. The summed E-state index contributed by atoms with van der Waals surface area (Å²) in [5.41, 5.74) is 0. The number of hydrogen-bond acceptors (Lipinski definition) is 2. The third-order valence-corrected chi connectivity index (χ3v) is 1.79. The molecule has 0 radical (unpaired) electrons. The molecule has 1 saturated heterocycles. The van der Waals surface area contributed by atoms with Crippen molar-refractivity contribution in [2.24, 2.45) is 0 Å². The molecule has 1 rings (SSSR count). The van der Waals surface area contributed by atoms with Crippen LogP contribution in [0, 0.1) is 0 Å². The van der Waals surface area contributed by atoms with Crippen LogP contribution in [-0.4, -0.2) is 25.3 Å². The number of hydrogen-bond donors (Lipinski definition) is 1. The van der Waals surface area contributed by atoms with Gasteiger partial charge in [-0.05, 0) is 33.2 Å². The van der Waals surface area contributed by atoms with Crippen LogP contribution in [0.5, 0.6) is 0 Å². The lowest BCUT2D eigenvalue weighted by atomic mass is 10.2. The maximum atomic E-state index is 5.46. The van der Waals surface area contributed by atoms with Crippen LogP contribution < -0.4 is 5.32 Å². The average Bonchev–Trinajstić information content (AvgIpc) is 2.34. The molecule has 1 unspecified atom stereocenters. The second-order valence-corrected chi connectivity index (χ2v) is 3.18. The van der Waals surface area contributed by atoms with Crippen molar-refractivity contribution in [2.75, 3.05) is 13.2 Å². The van der Waals surface area contributed by atoms with Crippen LogP contribution in [0.25, 0.3) is 0 Å². The molecule has 60 valence electrons. The fourth-order valence-electron chi connectivity index (χ4n) is 1.21. The normalized spacial score (nSPS) is 26.1. The third kappa shape index (κ3) is 2.67. The molecule has 0 aliphatic carbocycles. The third-order valence-electron chi connectivity index (χ3n) is 1.79. The maximum Gasteiger partial charge on any atom is 0.0623 e. The molecule has 1 heterocycles. The standard InChI is InChI=1S/C8H17NO/c1-7(2)10-6-8-4-3-5-9-8/h7-9H,3-6H2,1-2H3. The Balaban J connectivity index is 2.01. The molecule has 0 aromatic heterocycles. The Labute approximate surface area is 63.0 Å². The van der Waals surface area contributed by atoms with Gasteiger partial charge < -0.3 is 10.1 Å². The molecular formula is C8H17NO. The van der Waals surface area contributed by atoms with Gasteiger partial charge in [0.25, 0.3) is 0 Å². The highest BCUT2D eigenvalue weighted by Gasteiger charge is 2.13. The first kappa shape index (κ1) is 8.02. The summed E-state index contributed by atoms with van der Waals surface area (Å²) in [4.78, 5) is 0. The van der Waals surface area contributed by atoms with Crippen molar-refractivity contribution < 1.29 is 4.74 Å². The smallest absolute Gasteiger partial charge is 0.0623 e. The molecule has 1 atom stereocenters. The van der Waals surface area contributed by atoms with Crippen LogP contribution >= 0.6 is 0 Å². The fourth-order valence-corrected chi connectivity index (χ4v) is 1.21. The molecule has 0 aromatic rings. The molecule has 1 N–H and O–H groups in total. The lowest BCUT2D eigenvalue weighted by Crippen LogP contribution is -2.28. The zero-order valence-electron chi connectivity index (χ0n) is 6.89. The second kappa shape index (κ2) is 3.94. The predicted octanol–water partition coefficient (Wildman–Crippen LogP) is 1.16. The van der Waals surface area contributed by atoms with E-state index in [2.05, 4.69) is 19.2 Å². The van der Waals surface area contributed by atoms with E-state index in [1.165, 1.54) is 19.4 Å². The van der Waals surface area contributed by atoms with Crippen molar-refractivity contribution in [3.05, 3.63) is 0 Å². The highest BCUT2D eigenvalue weighted by Crippen LogP contribution is 2.05. The molecule has 1 aliphatic heterocycles. The van der Waals surface area contributed by atoms with E-state index in [9.17, 15) is 0 Å². The summed E-state index contributed by atoms with van der Waals surface area (Å²) in [7, 11) is 0. The molecule has 10 heavy (non-hydrogen) atoms. The predicted molar refractivity (Wildman–Crippen MR) is 42.1 cm³/mol. The van der Waals surface area contributed by atoms with Crippen molar-refractivity contribution in [3.8, 4) is 0 Å². The van der Waals surface area contributed by atoms with Gasteiger partial charge in [0.15, 0.2) is 0 Å². The molecule has 0 amide bonds. The first-order valence-corrected chi connectivity index (χ1v) is 4.14. The van der Waals surface area contributed by atoms with Gasteiger partial charge in [-0.2, -0.15) is 0 Å². The summed E-state index contributed by atoms with van der Waals surface area (Å²) in [6.45, 7) is 6.22. The van der Waals surface area contributed by atoms with E-state index in [1.807, 2.05) is 0 Å². The largest absolute Gasteiger partial charge is 0.377 e. The summed E-state index contributed by atoms with van der Waals surface area (Å²) in [6, 6.07) is 0.627. The van der Waals surface area contributed by atoms with Crippen LogP contribution in [-0.2, 0) is 4.74 Å². The molecule has 2 heteroatoms. The molecule has 1 aliphatic rings. The van der Waals surface area contributed by atoms with Crippen LogP contribution in [0.3, 0.4) is 0 Å².